The second kappa shape index (κ2) is 9.28. The van der Waals surface area contributed by atoms with E-state index in [2.05, 4.69) is 15.2 Å². The van der Waals surface area contributed by atoms with Gasteiger partial charge in [-0.3, -0.25) is 4.98 Å². The molecule has 0 amide bonds. The number of aromatic nitrogens is 2. The molecule has 1 N–H and O–H groups in total. The molecule has 5 rings (SSSR count). The van der Waals surface area contributed by atoms with Crippen molar-refractivity contribution in [1.29, 1.82) is 0 Å². The minimum atomic E-state index is -4.41. The van der Waals surface area contributed by atoms with Gasteiger partial charge < -0.3 is 19.5 Å². The maximum absolute atomic E-state index is 13.4. The van der Waals surface area contributed by atoms with Gasteiger partial charge in [0.2, 0.25) is 0 Å². The minimum absolute atomic E-state index is 0.0895. The number of nitrogens with one attached hydrogen (secondary N) is 1. The first kappa shape index (κ1) is 23.8. The second-order valence-corrected chi connectivity index (χ2v) is 9.51. The van der Waals surface area contributed by atoms with Crippen molar-refractivity contribution in [2.75, 3.05) is 13.2 Å². The van der Waals surface area contributed by atoms with Crippen LogP contribution in [-0.2, 0) is 10.9 Å². The van der Waals surface area contributed by atoms with E-state index in [1.807, 2.05) is 42.7 Å². The van der Waals surface area contributed by atoms with Gasteiger partial charge in [-0.2, -0.15) is 13.2 Å². The second-order valence-electron chi connectivity index (χ2n) is 9.12. The van der Waals surface area contributed by atoms with Crippen LogP contribution < -0.4 is 5.32 Å². The van der Waals surface area contributed by atoms with Crippen LogP contribution in [-0.4, -0.2) is 38.8 Å². The van der Waals surface area contributed by atoms with Crippen molar-refractivity contribution in [3.63, 3.8) is 0 Å². The number of nitrogens with zero attached hydrogens (tertiary/aromatic N) is 3. The third-order valence-corrected chi connectivity index (χ3v) is 7.20. The first-order valence-electron chi connectivity index (χ1n) is 11.7. The van der Waals surface area contributed by atoms with E-state index in [1.54, 1.807) is 12.3 Å². The average molecular weight is 501 g/mol. The van der Waals surface area contributed by atoms with Gasteiger partial charge in [-0.15, -0.1) is 0 Å². The molecule has 35 heavy (non-hydrogen) atoms. The molecule has 184 valence electrons. The molecule has 0 unspecified atom stereocenters. The standard InChI is InChI=1S/C26H27F3N4OS/c1-16-13-21(17(2)33(16)19-8-5-7-18(14-19)26(27,28)29)24-23(22-10-3-4-11-30-22)31-25(35)32(24)15-20-9-6-12-34-20/h3-5,7-8,10-11,13-14,20,23-24H,6,9,12,15H2,1-2H3,(H,31,35)/t20-,23-,24+/m0/s1. The number of alkyl halides is 3. The lowest BCUT2D eigenvalue weighted by Crippen LogP contribution is -2.36. The number of hydrogen-bond acceptors (Lipinski definition) is 3. The molecule has 2 saturated heterocycles. The Balaban J connectivity index is 1.59. The summed E-state index contributed by atoms with van der Waals surface area (Å²) in [6.07, 6.45) is -0.560. The molecule has 1 aromatic carbocycles. The summed E-state index contributed by atoms with van der Waals surface area (Å²) in [5.74, 6) is 0. The normalized spacial score (nSPS) is 22.6. The van der Waals surface area contributed by atoms with E-state index in [0.29, 0.717) is 17.3 Å². The quantitative estimate of drug-likeness (QED) is 0.458. The highest BCUT2D eigenvalue weighted by Crippen LogP contribution is 2.42. The van der Waals surface area contributed by atoms with E-state index >= 15 is 0 Å². The lowest BCUT2D eigenvalue weighted by Gasteiger charge is -2.30. The summed E-state index contributed by atoms with van der Waals surface area (Å²) in [4.78, 5) is 6.74. The van der Waals surface area contributed by atoms with Gasteiger partial charge in [-0.05, 0) is 80.9 Å². The van der Waals surface area contributed by atoms with E-state index < -0.39 is 11.7 Å². The largest absolute Gasteiger partial charge is 0.416 e. The Hall–Kier alpha value is -2.91. The van der Waals surface area contributed by atoms with Crippen LogP contribution in [0.5, 0.6) is 0 Å². The molecule has 2 fully saturated rings. The smallest absolute Gasteiger partial charge is 0.376 e. The monoisotopic (exact) mass is 500 g/mol. The lowest BCUT2D eigenvalue weighted by atomic mass is 9.96. The Morgan fingerprint density at radius 2 is 1.97 bits per heavy atom. The van der Waals surface area contributed by atoms with Crippen LogP contribution >= 0.6 is 12.2 Å². The summed E-state index contributed by atoms with van der Waals surface area (Å²) in [7, 11) is 0. The topological polar surface area (TPSA) is 42.3 Å². The van der Waals surface area contributed by atoms with E-state index in [0.717, 1.165) is 48.2 Å². The third-order valence-electron chi connectivity index (χ3n) is 6.84. The molecule has 4 heterocycles. The Labute approximate surface area is 207 Å². The molecule has 9 heteroatoms. The number of aryl methyl sites for hydroxylation is 1. The highest BCUT2D eigenvalue weighted by Gasteiger charge is 2.42. The van der Waals surface area contributed by atoms with Crippen molar-refractivity contribution in [3.8, 4) is 5.69 Å². The fraction of sp³-hybridized carbons (Fsp3) is 0.385. The van der Waals surface area contributed by atoms with Crippen molar-refractivity contribution in [1.82, 2.24) is 19.8 Å². The van der Waals surface area contributed by atoms with E-state index in [1.165, 1.54) is 12.1 Å². The third kappa shape index (κ3) is 4.54. The van der Waals surface area contributed by atoms with Crippen LogP contribution in [0.1, 0.15) is 53.1 Å². The zero-order valence-corrected chi connectivity index (χ0v) is 20.4. The van der Waals surface area contributed by atoms with Crippen LogP contribution in [0.3, 0.4) is 0 Å². The highest BCUT2D eigenvalue weighted by atomic mass is 32.1. The Morgan fingerprint density at radius 3 is 2.66 bits per heavy atom. The number of ether oxygens (including phenoxy) is 1. The fourth-order valence-electron chi connectivity index (χ4n) is 5.25. The molecule has 3 atom stereocenters. The summed E-state index contributed by atoms with van der Waals surface area (Å²) >= 11 is 5.76. The number of benzene rings is 1. The molecule has 0 bridgehead atoms. The Kier molecular flexibility index (Phi) is 6.31. The van der Waals surface area contributed by atoms with Gasteiger partial charge in [0.1, 0.15) is 0 Å². The van der Waals surface area contributed by atoms with Gasteiger partial charge in [-0.25, -0.2) is 0 Å². The van der Waals surface area contributed by atoms with Crippen LogP contribution in [0.2, 0.25) is 0 Å². The number of thiocarbonyl (C=S) groups is 1. The SMILES string of the molecule is Cc1cc([C@@H]2[C@H](c3ccccn3)NC(=S)N2C[C@@H]2CCCO2)c(C)n1-c1cccc(C(F)(F)F)c1. The van der Waals surface area contributed by atoms with Crippen molar-refractivity contribution in [2.24, 2.45) is 0 Å². The van der Waals surface area contributed by atoms with Crippen molar-refractivity contribution < 1.29 is 17.9 Å². The molecular weight excluding hydrogens is 473 g/mol. The summed E-state index contributed by atoms with van der Waals surface area (Å²) in [5.41, 5.74) is 3.40. The molecule has 0 radical (unpaired) electrons. The van der Waals surface area contributed by atoms with Crippen molar-refractivity contribution in [3.05, 3.63) is 82.9 Å². The predicted octanol–water partition coefficient (Wildman–Crippen LogP) is 5.66. The molecule has 2 aromatic heterocycles. The van der Waals surface area contributed by atoms with Gasteiger partial charge >= 0.3 is 6.18 Å². The van der Waals surface area contributed by atoms with Crippen molar-refractivity contribution in [2.45, 2.75) is 51.1 Å². The van der Waals surface area contributed by atoms with Crippen LogP contribution in [0.4, 0.5) is 13.2 Å². The molecule has 0 aliphatic carbocycles. The van der Waals surface area contributed by atoms with Gasteiger partial charge in [-0.1, -0.05) is 12.1 Å². The number of hydrogen-bond donors (Lipinski definition) is 1. The van der Waals surface area contributed by atoms with E-state index in [4.69, 9.17) is 17.0 Å². The number of halogens is 3. The Bertz CT molecular complexity index is 1220. The van der Waals surface area contributed by atoms with E-state index in [-0.39, 0.29) is 18.2 Å². The van der Waals surface area contributed by atoms with Crippen LogP contribution in [0, 0.1) is 13.8 Å². The zero-order valence-electron chi connectivity index (χ0n) is 19.5. The van der Waals surface area contributed by atoms with E-state index in [9.17, 15) is 13.2 Å². The Morgan fingerprint density at radius 1 is 1.14 bits per heavy atom. The van der Waals surface area contributed by atoms with Crippen LogP contribution in [0.25, 0.3) is 5.69 Å². The molecule has 3 aromatic rings. The van der Waals surface area contributed by atoms with Gasteiger partial charge in [0.05, 0.1) is 29.4 Å². The van der Waals surface area contributed by atoms with Crippen molar-refractivity contribution >= 4 is 17.3 Å². The average Bonchev–Trinajstić information content (AvgIpc) is 3.53. The maximum atomic E-state index is 13.4. The summed E-state index contributed by atoms with van der Waals surface area (Å²) < 4.78 is 48.0. The molecule has 2 aliphatic heterocycles. The molecule has 0 saturated carbocycles. The highest BCUT2D eigenvalue weighted by molar-refractivity contribution is 7.80. The van der Waals surface area contributed by atoms with Gasteiger partial charge in [0.25, 0.3) is 0 Å². The summed E-state index contributed by atoms with van der Waals surface area (Å²) in [6.45, 7) is 5.26. The molecule has 5 nitrogen and oxygen atoms in total. The summed E-state index contributed by atoms with van der Waals surface area (Å²) in [6, 6.07) is 12.9. The summed E-state index contributed by atoms with van der Waals surface area (Å²) in [5, 5.41) is 4.08. The first-order chi connectivity index (χ1) is 16.7. The van der Waals surface area contributed by atoms with Gasteiger partial charge in [0.15, 0.2) is 5.11 Å². The fourth-order valence-corrected chi connectivity index (χ4v) is 5.57. The lowest BCUT2D eigenvalue weighted by molar-refractivity contribution is -0.137. The number of pyridine rings is 1. The predicted molar refractivity (Wildman–Crippen MR) is 131 cm³/mol. The molecule has 2 aliphatic rings. The maximum Gasteiger partial charge on any atom is 0.416 e. The molecule has 0 spiro atoms. The van der Waals surface area contributed by atoms with Crippen LogP contribution in [0.15, 0.2) is 54.7 Å². The number of rotatable bonds is 5. The van der Waals surface area contributed by atoms with Gasteiger partial charge in [0, 0.05) is 36.4 Å². The first-order valence-corrected chi connectivity index (χ1v) is 12.1. The zero-order chi connectivity index (χ0) is 24.7. The molecular formula is C26H27F3N4OS. The minimum Gasteiger partial charge on any atom is -0.376 e.